The van der Waals surface area contributed by atoms with E-state index in [0.717, 1.165) is 36.5 Å². The highest BCUT2D eigenvalue weighted by molar-refractivity contribution is 5.57. The molecule has 0 amide bonds. The van der Waals surface area contributed by atoms with Crippen molar-refractivity contribution in [2.24, 2.45) is 0 Å². The predicted octanol–water partition coefficient (Wildman–Crippen LogP) is 3.14. The number of hydrogen-bond donors (Lipinski definition) is 0. The van der Waals surface area contributed by atoms with Gasteiger partial charge in [-0.05, 0) is 31.9 Å². The molecule has 2 aromatic rings. The average molecular weight is 253 g/mol. The SMILES string of the molecule is Cc1nc(-c2ccccc2)oc1N1CCC[C@H]1C#N. The van der Waals surface area contributed by atoms with Crippen LogP contribution in [-0.4, -0.2) is 17.6 Å². The standard InChI is InChI=1S/C15H15N3O/c1-11-15(18-9-5-8-13(18)10-16)19-14(17-11)12-6-3-2-4-7-12/h2-4,6-7,13H,5,8-9H2,1H3/t13-/m0/s1. The zero-order valence-corrected chi connectivity index (χ0v) is 10.8. The van der Waals surface area contributed by atoms with Crippen LogP contribution in [0.15, 0.2) is 34.7 Å². The predicted molar refractivity (Wildman–Crippen MR) is 72.7 cm³/mol. The van der Waals surface area contributed by atoms with Gasteiger partial charge in [0.25, 0.3) is 0 Å². The maximum atomic E-state index is 9.16. The number of rotatable bonds is 2. The van der Waals surface area contributed by atoms with E-state index in [2.05, 4.69) is 11.1 Å². The van der Waals surface area contributed by atoms with Gasteiger partial charge in [-0.2, -0.15) is 5.26 Å². The maximum Gasteiger partial charge on any atom is 0.228 e. The lowest BCUT2D eigenvalue weighted by Gasteiger charge is -2.18. The van der Waals surface area contributed by atoms with Crippen molar-refractivity contribution in [3.05, 3.63) is 36.0 Å². The van der Waals surface area contributed by atoms with Crippen LogP contribution in [0.5, 0.6) is 0 Å². The third-order valence-electron chi connectivity index (χ3n) is 3.46. The molecule has 4 nitrogen and oxygen atoms in total. The molecule has 1 aromatic heterocycles. The Labute approximate surface area is 112 Å². The zero-order valence-electron chi connectivity index (χ0n) is 10.8. The summed E-state index contributed by atoms with van der Waals surface area (Å²) >= 11 is 0. The number of aryl methyl sites for hydroxylation is 1. The van der Waals surface area contributed by atoms with Crippen molar-refractivity contribution in [3.63, 3.8) is 0 Å². The van der Waals surface area contributed by atoms with E-state index in [1.54, 1.807) is 0 Å². The lowest BCUT2D eigenvalue weighted by Crippen LogP contribution is -2.27. The molecule has 0 bridgehead atoms. The van der Waals surface area contributed by atoms with Crippen LogP contribution in [0.3, 0.4) is 0 Å². The third-order valence-corrected chi connectivity index (χ3v) is 3.46. The van der Waals surface area contributed by atoms with E-state index in [-0.39, 0.29) is 6.04 Å². The number of oxazole rings is 1. The van der Waals surface area contributed by atoms with Gasteiger partial charge in [0.2, 0.25) is 11.8 Å². The lowest BCUT2D eigenvalue weighted by atomic mass is 10.2. The van der Waals surface area contributed by atoms with Gasteiger partial charge in [-0.25, -0.2) is 4.98 Å². The fourth-order valence-corrected chi connectivity index (χ4v) is 2.50. The summed E-state index contributed by atoms with van der Waals surface area (Å²) in [5.74, 6) is 1.36. The molecule has 0 N–H and O–H groups in total. The van der Waals surface area contributed by atoms with E-state index >= 15 is 0 Å². The van der Waals surface area contributed by atoms with Crippen LogP contribution < -0.4 is 4.90 Å². The molecule has 3 rings (SSSR count). The molecule has 1 atom stereocenters. The molecule has 2 heterocycles. The summed E-state index contributed by atoms with van der Waals surface area (Å²) in [5.41, 5.74) is 1.81. The molecule has 0 spiro atoms. The molecule has 0 unspecified atom stereocenters. The third kappa shape index (κ3) is 2.08. The quantitative estimate of drug-likeness (QED) is 0.825. The Morgan fingerprint density at radius 1 is 1.37 bits per heavy atom. The minimum Gasteiger partial charge on any atom is -0.420 e. The first-order valence-electron chi connectivity index (χ1n) is 6.48. The Kier molecular flexibility index (Phi) is 2.96. The van der Waals surface area contributed by atoms with Crippen molar-refractivity contribution in [2.75, 3.05) is 11.4 Å². The van der Waals surface area contributed by atoms with E-state index < -0.39 is 0 Å². The molecule has 0 aliphatic carbocycles. The summed E-state index contributed by atoms with van der Waals surface area (Å²) in [5, 5.41) is 9.16. The monoisotopic (exact) mass is 253 g/mol. The van der Waals surface area contributed by atoms with Crippen molar-refractivity contribution in [1.82, 2.24) is 4.98 Å². The van der Waals surface area contributed by atoms with Crippen molar-refractivity contribution in [2.45, 2.75) is 25.8 Å². The van der Waals surface area contributed by atoms with Crippen molar-refractivity contribution in [1.29, 1.82) is 5.26 Å². The Morgan fingerprint density at radius 3 is 2.89 bits per heavy atom. The summed E-state index contributed by atoms with van der Waals surface area (Å²) in [4.78, 5) is 6.50. The topological polar surface area (TPSA) is 53.1 Å². The lowest BCUT2D eigenvalue weighted by molar-refractivity contribution is 0.554. The summed E-state index contributed by atoms with van der Waals surface area (Å²) < 4.78 is 5.88. The molecule has 0 saturated carbocycles. The van der Waals surface area contributed by atoms with Crippen LogP contribution in [0.25, 0.3) is 11.5 Å². The van der Waals surface area contributed by atoms with Gasteiger partial charge in [0.15, 0.2) is 0 Å². The smallest absolute Gasteiger partial charge is 0.228 e. The van der Waals surface area contributed by atoms with Gasteiger partial charge in [0, 0.05) is 12.1 Å². The molecule has 96 valence electrons. The fourth-order valence-electron chi connectivity index (χ4n) is 2.50. The van der Waals surface area contributed by atoms with Gasteiger partial charge in [-0.15, -0.1) is 0 Å². The molecule has 1 aliphatic rings. The number of benzene rings is 1. The Hall–Kier alpha value is -2.28. The van der Waals surface area contributed by atoms with Crippen LogP contribution in [0.2, 0.25) is 0 Å². The van der Waals surface area contributed by atoms with Crippen LogP contribution >= 0.6 is 0 Å². The van der Waals surface area contributed by atoms with Crippen molar-refractivity contribution >= 4 is 5.88 Å². The summed E-state index contributed by atoms with van der Waals surface area (Å²) in [6.45, 7) is 2.79. The van der Waals surface area contributed by atoms with Gasteiger partial charge in [0.1, 0.15) is 11.7 Å². The van der Waals surface area contributed by atoms with E-state index in [4.69, 9.17) is 9.68 Å². The molecule has 1 saturated heterocycles. The highest BCUT2D eigenvalue weighted by Crippen LogP contribution is 2.32. The molecule has 19 heavy (non-hydrogen) atoms. The van der Waals surface area contributed by atoms with Crippen LogP contribution in [0.4, 0.5) is 5.88 Å². The molecule has 1 fully saturated rings. The van der Waals surface area contributed by atoms with Gasteiger partial charge in [-0.1, -0.05) is 18.2 Å². The normalized spacial score (nSPS) is 18.5. The summed E-state index contributed by atoms with van der Waals surface area (Å²) in [6, 6.07) is 12.1. The van der Waals surface area contributed by atoms with Gasteiger partial charge >= 0.3 is 0 Å². The van der Waals surface area contributed by atoms with Crippen molar-refractivity contribution < 1.29 is 4.42 Å². The highest BCUT2D eigenvalue weighted by Gasteiger charge is 2.29. The second kappa shape index (κ2) is 4.77. The first-order valence-corrected chi connectivity index (χ1v) is 6.48. The fraction of sp³-hybridized carbons (Fsp3) is 0.333. The minimum absolute atomic E-state index is 0.0877. The van der Waals surface area contributed by atoms with E-state index in [1.807, 2.05) is 42.2 Å². The van der Waals surface area contributed by atoms with Gasteiger partial charge in [0.05, 0.1) is 6.07 Å². The molecule has 4 heteroatoms. The summed E-state index contributed by atoms with van der Waals surface area (Å²) in [7, 11) is 0. The first kappa shape index (κ1) is 11.8. The van der Waals surface area contributed by atoms with Crippen molar-refractivity contribution in [3.8, 4) is 17.5 Å². The molecular formula is C15H15N3O. The minimum atomic E-state index is -0.0877. The first-order chi connectivity index (χ1) is 9.29. The second-order valence-corrected chi connectivity index (χ2v) is 4.76. The molecular weight excluding hydrogens is 238 g/mol. The molecule has 0 radical (unpaired) electrons. The number of nitrogens with zero attached hydrogens (tertiary/aromatic N) is 3. The largest absolute Gasteiger partial charge is 0.420 e. The van der Waals surface area contributed by atoms with Crippen LogP contribution in [0.1, 0.15) is 18.5 Å². The molecule has 1 aromatic carbocycles. The Balaban J connectivity index is 1.97. The summed E-state index contributed by atoms with van der Waals surface area (Å²) in [6.07, 6.45) is 1.93. The van der Waals surface area contributed by atoms with Gasteiger partial charge < -0.3 is 9.32 Å². The second-order valence-electron chi connectivity index (χ2n) is 4.76. The van der Waals surface area contributed by atoms with E-state index in [9.17, 15) is 0 Å². The number of anilines is 1. The van der Waals surface area contributed by atoms with E-state index in [1.165, 1.54) is 0 Å². The van der Waals surface area contributed by atoms with Crippen LogP contribution in [0, 0.1) is 18.3 Å². The number of nitriles is 1. The Morgan fingerprint density at radius 2 is 2.16 bits per heavy atom. The average Bonchev–Trinajstić information content (AvgIpc) is 3.05. The highest BCUT2D eigenvalue weighted by atomic mass is 16.4. The molecule has 1 aliphatic heterocycles. The van der Waals surface area contributed by atoms with Gasteiger partial charge in [-0.3, -0.25) is 0 Å². The number of aromatic nitrogens is 1. The van der Waals surface area contributed by atoms with E-state index in [0.29, 0.717) is 5.89 Å². The Bertz CT molecular complexity index is 612. The zero-order chi connectivity index (χ0) is 13.2. The number of hydrogen-bond acceptors (Lipinski definition) is 4. The maximum absolute atomic E-state index is 9.16. The van der Waals surface area contributed by atoms with Crippen LogP contribution in [-0.2, 0) is 0 Å².